The van der Waals surface area contributed by atoms with E-state index in [4.69, 9.17) is 0 Å². The van der Waals surface area contributed by atoms with Crippen molar-refractivity contribution in [1.82, 2.24) is 0 Å². The van der Waals surface area contributed by atoms with Crippen LogP contribution in [-0.4, -0.2) is 13.1 Å². The number of hydrogen-bond acceptors (Lipinski definition) is 8. The summed E-state index contributed by atoms with van der Waals surface area (Å²) < 4.78 is 0. The molecule has 8 heteroatoms. The third-order valence-electron chi connectivity index (χ3n) is 14.4. The molecule has 5 aromatic rings. The summed E-state index contributed by atoms with van der Waals surface area (Å²) in [6, 6.07) is 31.6. The lowest BCUT2D eigenvalue weighted by Gasteiger charge is -2.40. The third kappa shape index (κ3) is 11.8. The van der Waals surface area contributed by atoms with Gasteiger partial charge in [0.05, 0.1) is 0 Å². The Labute approximate surface area is 428 Å². The first-order valence-corrected chi connectivity index (χ1v) is 28.5. The summed E-state index contributed by atoms with van der Waals surface area (Å²) in [6.45, 7) is 10.5. The van der Waals surface area contributed by atoms with E-state index < -0.39 is 0 Å². The summed E-state index contributed by atoms with van der Waals surface area (Å²) in [4.78, 5) is 7.30. The molecule has 2 aliphatic rings. The molecule has 3 aromatic carbocycles. The Morgan fingerprint density at radius 3 is 1.11 bits per heavy atom. The molecule has 0 saturated heterocycles. The van der Waals surface area contributed by atoms with Gasteiger partial charge >= 0.3 is 0 Å². The van der Waals surface area contributed by atoms with E-state index in [-0.39, 0.29) is 11.1 Å². The van der Waals surface area contributed by atoms with Crippen LogP contribution in [-0.2, 0) is 12.8 Å². The van der Waals surface area contributed by atoms with Gasteiger partial charge in [-0.1, -0.05) is 143 Å². The summed E-state index contributed by atoms with van der Waals surface area (Å²) in [6.07, 6.45) is 25.4. The van der Waals surface area contributed by atoms with Crippen LogP contribution in [0.2, 0.25) is 0 Å². The number of thiophene rings is 2. The molecule has 0 atom stereocenters. The number of anilines is 4. The zero-order valence-corrected chi connectivity index (χ0v) is 44.0. The predicted octanol–water partition coefficient (Wildman–Crippen LogP) is 18.7. The molecule has 6 nitrogen and oxygen atoms in total. The molecule has 70 heavy (non-hydrogen) atoms. The van der Waals surface area contributed by atoms with E-state index >= 15 is 0 Å². The number of hydrogen-bond donors (Lipinski definition) is 0. The number of nitrogens with zero attached hydrogens (tertiary/aromatic N) is 6. The molecule has 0 unspecified atom stereocenters. The fraction of sp³-hybridized carbons (Fsp3) is 0.452. The van der Waals surface area contributed by atoms with Crippen molar-refractivity contribution in [3.05, 3.63) is 116 Å². The Kier molecular flexibility index (Phi) is 19.6. The monoisotopic (exact) mass is 965 g/mol. The molecule has 0 spiro atoms. The smallest absolute Gasteiger partial charge is 0.138 e. The fourth-order valence-electron chi connectivity index (χ4n) is 10.7. The molecule has 4 heterocycles. The first-order chi connectivity index (χ1) is 34.5. The van der Waals surface area contributed by atoms with Crippen LogP contribution >= 0.6 is 22.7 Å². The van der Waals surface area contributed by atoms with E-state index in [1.807, 2.05) is 0 Å². The average molecular weight is 965 g/mol. The van der Waals surface area contributed by atoms with Gasteiger partial charge in [0.2, 0.25) is 0 Å². The highest BCUT2D eigenvalue weighted by Gasteiger charge is 2.36. The van der Waals surface area contributed by atoms with Crippen molar-refractivity contribution in [2.75, 3.05) is 22.9 Å². The van der Waals surface area contributed by atoms with Crippen LogP contribution in [0, 0.1) is 45.3 Å². The van der Waals surface area contributed by atoms with Crippen LogP contribution in [0.5, 0.6) is 0 Å². The minimum absolute atomic E-state index is 0.0834. The Morgan fingerprint density at radius 2 is 0.743 bits per heavy atom. The molecule has 2 aliphatic heterocycles. The molecular weight excluding hydrogens is 893 g/mol. The highest BCUT2D eigenvalue weighted by atomic mass is 32.1. The standard InChI is InChI=1S/C62H72N6S2/c1-5-9-13-17-19-23-33-67-55-29-27-47(61-45(31-35-69-61)25-21-15-11-7-3)37-51(55)59(49(41-63)42-64)53-40-58-54(39-57(53)67)60(50(43-65)44-66)52-38-48(62-46(32-36-70-62)26-22-16-12-8-4)28-30-56(52)68(58)34-24-20-18-14-10-6-2/h27-32,35-40H,5-26,33-34H2,1-4H3. The molecule has 0 fully saturated rings. The number of nitriles is 4. The summed E-state index contributed by atoms with van der Waals surface area (Å²) >= 11 is 3.53. The maximum absolute atomic E-state index is 10.8. The Bertz CT molecular complexity index is 2590. The molecule has 0 amide bonds. The Hall–Kier alpha value is -5.90. The second-order valence-electron chi connectivity index (χ2n) is 19.3. The van der Waals surface area contributed by atoms with Crippen LogP contribution in [0.15, 0.2) is 82.6 Å². The van der Waals surface area contributed by atoms with E-state index in [9.17, 15) is 21.0 Å². The fourth-order valence-corrected chi connectivity index (χ4v) is 12.6. The van der Waals surface area contributed by atoms with Gasteiger partial charge in [-0.3, -0.25) is 0 Å². The summed E-state index contributed by atoms with van der Waals surface area (Å²) in [7, 11) is 0. The quantitative estimate of drug-likeness (QED) is 0.0404. The highest BCUT2D eigenvalue weighted by Crippen LogP contribution is 2.55. The molecule has 7 rings (SSSR count). The van der Waals surface area contributed by atoms with Crippen molar-refractivity contribution in [2.24, 2.45) is 0 Å². The van der Waals surface area contributed by atoms with Gasteiger partial charge in [-0.05, 0) is 120 Å². The molecule has 0 bridgehead atoms. The van der Waals surface area contributed by atoms with Gasteiger partial charge in [-0.25, -0.2) is 0 Å². The maximum Gasteiger partial charge on any atom is 0.138 e. The normalized spacial score (nSPS) is 12.3. The van der Waals surface area contributed by atoms with Gasteiger partial charge in [0.25, 0.3) is 0 Å². The molecule has 0 saturated carbocycles. The SMILES string of the molecule is CCCCCCCCN1c2ccc(-c3sccc3CCCCCC)cc2C(=C(C#N)C#N)c2cc3c(cc21)C(=C(C#N)C#N)c1cc(-c2sccc2CCCCCC)ccc1N3CCCCCCCC. The second-order valence-corrected chi connectivity index (χ2v) is 21.1. The van der Waals surface area contributed by atoms with Gasteiger partial charge in [0, 0.05) is 79.0 Å². The van der Waals surface area contributed by atoms with Crippen molar-refractivity contribution in [2.45, 2.75) is 169 Å². The Morgan fingerprint density at radius 1 is 0.400 bits per heavy atom. The number of allylic oxidation sites excluding steroid dienone is 2. The number of benzene rings is 3. The lowest BCUT2D eigenvalue weighted by atomic mass is 9.80. The molecule has 0 radical (unpaired) electrons. The molecule has 0 N–H and O–H groups in total. The predicted molar refractivity (Wildman–Crippen MR) is 297 cm³/mol. The first-order valence-electron chi connectivity index (χ1n) is 26.7. The van der Waals surface area contributed by atoms with E-state index in [2.05, 4.69) is 133 Å². The minimum atomic E-state index is 0.0834. The molecule has 0 aliphatic carbocycles. The first kappa shape index (κ1) is 51.9. The van der Waals surface area contributed by atoms with Gasteiger partial charge in [0.1, 0.15) is 35.4 Å². The van der Waals surface area contributed by atoms with Crippen molar-refractivity contribution >= 4 is 56.6 Å². The van der Waals surface area contributed by atoms with Crippen LogP contribution < -0.4 is 9.80 Å². The highest BCUT2D eigenvalue weighted by molar-refractivity contribution is 7.14. The zero-order chi connectivity index (χ0) is 49.2. The van der Waals surface area contributed by atoms with E-state index in [1.165, 1.54) is 111 Å². The van der Waals surface area contributed by atoms with Gasteiger partial charge in [0.15, 0.2) is 0 Å². The molecular formula is C62H72N6S2. The number of unbranched alkanes of at least 4 members (excludes halogenated alkanes) is 16. The van der Waals surface area contributed by atoms with E-state index in [0.29, 0.717) is 11.1 Å². The summed E-state index contributed by atoms with van der Waals surface area (Å²) in [5, 5.41) is 47.8. The number of aryl methyl sites for hydroxylation is 2. The van der Waals surface area contributed by atoms with Gasteiger partial charge in [-0.15, -0.1) is 22.7 Å². The van der Waals surface area contributed by atoms with E-state index in [0.717, 1.165) is 121 Å². The van der Waals surface area contributed by atoms with Crippen LogP contribution in [0.25, 0.3) is 32.0 Å². The van der Waals surface area contributed by atoms with Gasteiger partial charge in [-0.2, -0.15) is 21.0 Å². The molecule has 362 valence electrons. The second kappa shape index (κ2) is 26.3. The van der Waals surface area contributed by atoms with Crippen molar-refractivity contribution < 1.29 is 0 Å². The number of fused-ring (bicyclic) bond motifs is 4. The topological polar surface area (TPSA) is 102 Å². The van der Waals surface area contributed by atoms with Crippen molar-refractivity contribution in [3.63, 3.8) is 0 Å². The largest absolute Gasteiger partial charge is 0.340 e. The van der Waals surface area contributed by atoms with Crippen LogP contribution in [0.4, 0.5) is 22.7 Å². The van der Waals surface area contributed by atoms with Gasteiger partial charge < -0.3 is 9.80 Å². The van der Waals surface area contributed by atoms with Crippen LogP contribution in [0.1, 0.15) is 189 Å². The molecule has 2 aromatic heterocycles. The Balaban J connectivity index is 1.43. The number of rotatable bonds is 26. The van der Waals surface area contributed by atoms with Crippen molar-refractivity contribution in [1.29, 1.82) is 21.0 Å². The van der Waals surface area contributed by atoms with E-state index in [1.54, 1.807) is 22.7 Å². The minimum Gasteiger partial charge on any atom is -0.340 e. The zero-order valence-electron chi connectivity index (χ0n) is 42.4. The lowest BCUT2D eigenvalue weighted by Crippen LogP contribution is -2.28. The van der Waals surface area contributed by atoms with Crippen LogP contribution in [0.3, 0.4) is 0 Å². The third-order valence-corrected chi connectivity index (χ3v) is 16.4. The summed E-state index contributed by atoms with van der Waals surface area (Å²) in [5.41, 5.74) is 13.6. The lowest BCUT2D eigenvalue weighted by molar-refractivity contribution is 0.608. The van der Waals surface area contributed by atoms with Crippen molar-refractivity contribution in [3.8, 4) is 45.2 Å². The maximum atomic E-state index is 10.8. The average Bonchev–Trinajstić information content (AvgIpc) is 4.07. The summed E-state index contributed by atoms with van der Waals surface area (Å²) in [5.74, 6) is 0.